The molecule has 7 heteroatoms. The number of hydrogen-bond acceptors (Lipinski definition) is 5. The molecule has 1 fully saturated rings. The minimum Gasteiger partial charge on any atom is -0.465 e. The van der Waals surface area contributed by atoms with E-state index in [0.29, 0.717) is 19.4 Å². The molecule has 1 aliphatic rings. The molecule has 114 valence electrons. The molecule has 0 aromatic heterocycles. The third kappa shape index (κ3) is 3.24. The topological polar surface area (TPSA) is 84.7 Å². The number of likely N-dealkylation sites (N-methyl/N-ethyl adjacent to an activating group) is 1. The highest BCUT2D eigenvalue weighted by molar-refractivity contribution is 5.96. The smallest absolute Gasteiger partial charge is 0.340 e. The van der Waals surface area contributed by atoms with Gasteiger partial charge in [0.05, 0.1) is 18.4 Å². The molecule has 0 radical (unpaired) electrons. The van der Waals surface area contributed by atoms with Crippen molar-refractivity contribution < 1.29 is 18.7 Å². The second-order valence-electron chi connectivity index (χ2n) is 5.07. The number of methoxy groups -OCH3 is 1. The summed E-state index contributed by atoms with van der Waals surface area (Å²) >= 11 is 0. The van der Waals surface area contributed by atoms with Crippen LogP contribution in [0.4, 0.5) is 15.8 Å². The fraction of sp³-hybridized carbons (Fsp3) is 0.429. The van der Waals surface area contributed by atoms with Gasteiger partial charge in [0.1, 0.15) is 5.82 Å². The predicted octanol–water partition coefficient (Wildman–Crippen LogP) is 1.23. The normalized spacial score (nSPS) is 18.5. The zero-order valence-corrected chi connectivity index (χ0v) is 12.0. The summed E-state index contributed by atoms with van der Waals surface area (Å²) in [5.41, 5.74) is 5.94. The van der Waals surface area contributed by atoms with Crippen molar-refractivity contribution in [1.29, 1.82) is 0 Å². The Morgan fingerprint density at radius 1 is 1.52 bits per heavy atom. The third-order valence-corrected chi connectivity index (χ3v) is 3.53. The first-order valence-electron chi connectivity index (χ1n) is 6.60. The fourth-order valence-electron chi connectivity index (χ4n) is 2.34. The summed E-state index contributed by atoms with van der Waals surface area (Å²) in [6.07, 6.45) is 1.02. The molecule has 0 bridgehead atoms. The Labute approximate surface area is 122 Å². The van der Waals surface area contributed by atoms with E-state index in [1.54, 1.807) is 11.9 Å². The number of hydrogen-bond donors (Lipinski definition) is 2. The molecule has 6 nitrogen and oxygen atoms in total. The Hall–Kier alpha value is -2.31. The van der Waals surface area contributed by atoms with Crippen molar-refractivity contribution in [3.8, 4) is 0 Å². The molecule has 2 rings (SSSR count). The van der Waals surface area contributed by atoms with E-state index < -0.39 is 11.8 Å². The van der Waals surface area contributed by atoms with Gasteiger partial charge in [0.25, 0.3) is 0 Å². The molecule has 1 aromatic carbocycles. The van der Waals surface area contributed by atoms with Crippen molar-refractivity contribution in [3.63, 3.8) is 0 Å². The molecule has 3 N–H and O–H groups in total. The Balaban J connectivity index is 2.20. The number of likely N-dealkylation sites (tertiary alicyclic amines) is 1. The van der Waals surface area contributed by atoms with Gasteiger partial charge >= 0.3 is 5.97 Å². The number of halogens is 1. The first-order valence-corrected chi connectivity index (χ1v) is 6.60. The van der Waals surface area contributed by atoms with Crippen LogP contribution in [-0.4, -0.2) is 43.5 Å². The van der Waals surface area contributed by atoms with Gasteiger partial charge in [-0.15, -0.1) is 0 Å². The van der Waals surface area contributed by atoms with Gasteiger partial charge in [0.15, 0.2) is 0 Å². The molecule has 0 saturated carbocycles. The first kappa shape index (κ1) is 15.1. The number of ether oxygens (including phenoxy) is 1. The number of anilines is 2. The van der Waals surface area contributed by atoms with E-state index in [1.807, 2.05) is 0 Å². The minimum absolute atomic E-state index is 0.0286. The van der Waals surface area contributed by atoms with Gasteiger partial charge in [-0.25, -0.2) is 9.18 Å². The highest BCUT2D eigenvalue weighted by Gasteiger charge is 2.24. The van der Waals surface area contributed by atoms with E-state index in [4.69, 9.17) is 5.73 Å². The second-order valence-corrected chi connectivity index (χ2v) is 5.07. The van der Waals surface area contributed by atoms with Crippen LogP contribution in [0.1, 0.15) is 23.2 Å². The van der Waals surface area contributed by atoms with Gasteiger partial charge in [-0.05, 0) is 18.6 Å². The molecule has 1 atom stereocenters. The van der Waals surface area contributed by atoms with Crippen LogP contribution < -0.4 is 11.1 Å². The van der Waals surface area contributed by atoms with Crippen molar-refractivity contribution in [1.82, 2.24) is 4.90 Å². The standard InChI is InChI=1S/C14H18FN3O3/c1-18-7-8(3-4-13(18)19)17-12-5-9(14(20)21-2)11(16)6-10(12)15/h5-6,8,17H,3-4,7,16H2,1-2H3. The quantitative estimate of drug-likeness (QED) is 0.647. The largest absolute Gasteiger partial charge is 0.465 e. The maximum Gasteiger partial charge on any atom is 0.340 e. The summed E-state index contributed by atoms with van der Waals surface area (Å²) in [5.74, 6) is -1.09. The van der Waals surface area contributed by atoms with Crippen LogP contribution in [0.15, 0.2) is 12.1 Å². The zero-order valence-electron chi connectivity index (χ0n) is 12.0. The first-order chi connectivity index (χ1) is 9.92. The highest BCUT2D eigenvalue weighted by atomic mass is 19.1. The van der Waals surface area contributed by atoms with E-state index in [2.05, 4.69) is 10.1 Å². The van der Waals surface area contributed by atoms with Gasteiger partial charge in [0, 0.05) is 31.7 Å². The summed E-state index contributed by atoms with van der Waals surface area (Å²) in [4.78, 5) is 24.6. The van der Waals surface area contributed by atoms with E-state index >= 15 is 0 Å². The molecule has 1 aromatic rings. The average Bonchev–Trinajstić information content (AvgIpc) is 2.45. The predicted molar refractivity (Wildman–Crippen MR) is 76.4 cm³/mol. The summed E-state index contributed by atoms with van der Waals surface area (Å²) in [6.45, 7) is 0.482. The summed E-state index contributed by atoms with van der Waals surface area (Å²) in [5, 5.41) is 3.01. The van der Waals surface area contributed by atoms with Crippen molar-refractivity contribution >= 4 is 23.3 Å². The minimum atomic E-state index is -0.619. The number of piperidine rings is 1. The van der Waals surface area contributed by atoms with Crippen molar-refractivity contribution in [2.75, 3.05) is 31.8 Å². The molecular weight excluding hydrogens is 277 g/mol. The van der Waals surface area contributed by atoms with Crippen LogP contribution in [0.5, 0.6) is 0 Å². The number of amides is 1. The number of nitrogen functional groups attached to an aromatic ring is 1. The zero-order chi connectivity index (χ0) is 15.6. The number of nitrogens with one attached hydrogen (secondary N) is 1. The van der Waals surface area contributed by atoms with Gasteiger partial charge in [-0.2, -0.15) is 0 Å². The Kier molecular flexibility index (Phi) is 4.30. The third-order valence-electron chi connectivity index (χ3n) is 3.53. The molecule has 1 heterocycles. The Bertz CT molecular complexity index is 577. The number of benzene rings is 1. The van der Waals surface area contributed by atoms with Gasteiger partial charge < -0.3 is 20.7 Å². The molecule has 21 heavy (non-hydrogen) atoms. The summed E-state index contributed by atoms with van der Waals surface area (Å²) in [6, 6.07) is 2.36. The molecular formula is C14H18FN3O3. The second kappa shape index (κ2) is 5.99. The number of esters is 1. The molecule has 0 aliphatic carbocycles. The SMILES string of the molecule is COC(=O)c1cc(NC2CCC(=O)N(C)C2)c(F)cc1N. The van der Waals surface area contributed by atoms with E-state index in [0.717, 1.165) is 6.07 Å². The van der Waals surface area contributed by atoms with Crippen LogP contribution >= 0.6 is 0 Å². The summed E-state index contributed by atoms with van der Waals surface area (Å²) in [7, 11) is 2.94. The van der Waals surface area contributed by atoms with E-state index in [1.165, 1.54) is 13.2 Å². The van der Waals surface area contributed by atoms with Crippen LogP contribution in [0.3, 0.4) is 0 Å². The lowest BCUT2D eigenvalue weighted by Crippen LogP contribution is -2.43. The molecule has 1 aliphatic heterocycles. The maximum atomic E-state index is 14.0. The van der Waals surface area contributed by atoms with Crippen molar-refractivity contribution in [2.24, 2.45) is 0 Å². The van der Waals surface area contributed by atoms with Crippen LogP contribution in [-0.2, 0) is 9.53 Å². The number of carbonyl (C=O) groups excluding carboxylic acids is 2. The molecule has 1 amide bonds. The van der Waals surface area contributed by atoms with Crippen molar-refractivity contribution in [3.05, 3.63) is 23.5 Å². The van der Waals surface area contributed by atoms with Gasteiger partial charge in [-0.1, -0.05) is 0 Å². The van der Waals surface area contributed by atoms with Gasteiger partial charge in [-0.3, -0.25) is 4.79 Å². The number of nitrogens with zero attached hydrogens (tertiary/aromatic N) is 1. The van der Waals surface area contributed by atoms with Crippen LogP contribution in [0, 0.1) is 5.82 Å². The maximum absolute atomic E-state index is 14.0. The monoisotopic (exact) mass is 295 g/mol. The molecule has 1 unspecified atom stereocenters. The fourth-order valence-corrected chi connectivity index (χ4v) is 2.34. The highest BCUT2D eigenvalue weighted by Crippen LogP contribution is 2.25. The van der Waals surface area contributed by atoms with E-state index in [9.17, 15) is 14.0 Å². The van der Waals surface area contributed by atoms with Crippen molar-refractivity contribution in [2.45, 2.75) is 18.9 Å². The lowest BCUT2D eigenvalue weighted by atomic mass is 10.0. The molecule has 1 saturated heterocycles. The molecule has 0 spiro atoms. The number of nitrogens with two attached hydrogens (primary N) is 1. The average molecular weight is 295 g/mol. The lowest BCUT2D eigenvalue weighted by molar-refractivity contribution is -0.132. The van der Waals surface area contributed by atoms with Gasteiger partial charge in [0.2, 0.25) is 5.91 Å². The Morgan fingerprint density at radius 3 is 2.86 bits per heavy atom. The summed E-state index contributed by atoms with van der Waals surface area (Å²) < 4.78 is 18.6. The van der Waals surface area contributed by atoms with Crippen LogP contribution in [0.2, 0.25) is 0 Å². The van der Waals surface area contributed by atoms with E-state index in [-0.39, 0.29) is 28.9 Å². The lowest BCUT2D eigenvalue weighted by Gasteiger charge is -2.31. The van der Waals surface area contributed by atoms with Crippen LogP contribution in [0.25, 0.3) is 0 Å². The number of carbonyl (C=O) groups is 2. The number of rotatable bonds is 3. The Morgan fingerprint density at radius 2 is 2.24 bits per heavy atom.